The van der Waals surface area contributed by atoms with Crippen LogP contribution >= 0.6 is 11.8 Å². The number of fused-ring (bicyclic) bond motifs is 2. The van der Waals surface area contributed by atoms with E-state index in [9.17, 15) is 4.79 Å². The minimum Gasteiger partial charge on any atom is -0.491 e. The Balaban J connectivity index is 1.11. The zero-order valence-electron chi connectivity index (χ0n) is 28.8. The number of benzene rings is 3. The number of nitrogens with one attached hydrogen (secondary N) is 1. The highest BCUT2D eigenvalue weighted by Gasteiger charge is 2.20. The molecule has 3 aromatic carbocycles. The largest absolute Gasteiger partial charge is 0.491 e. The Morgan fingerprint density at radius 2 is 1.73 bits per heavy atom. The van der Waals surface area contributed by atoms with E-state index in [-0.39, 0.29) is 5.91 Å². The number of carbonyl (C=O) groups is 1. The van der Waals surface area contributed by atoms with E-state index in [0.29, 0.717) is 19.6 Å². The Morgan fingerprint density at radius 3 is 2.53 bits per heavy atom. The van der Waals surface area contributed by atoms with Crippen molar-refractivity contribution < 1.29 is 14.3 Å². The molecule has 2 aromatic heterocycles. The number of anilines is 2. The van der Waals surface area contributed by atoms with Gasteiger partial charge >= 0.3 is 0 Å². The van der Waals surface area contributed by atoms with Gasteiger partial charge < -0.3 is 24.1 Å². The van der Waals surface area contributed by atoms with Crippen molar-refractivity contribution >= 4 is 40.8 Å². The molecule has 3 heterocycles. The van der Waals surface area contributed by atoms with Gasteiger partial charge in [-0.15, -0.1) is 11.8 Å². The van der Waals surface area contributed by atoms with Crippen molar-refractivity contribution in [2.75, 3.05) is 43.1 Å². The van der Waals surface area contributed by atoms with E-state index in [1.807, 2.05) is 42.5 Å². The molecular weight excluding hydrogens is 629 g/mol. The lowest BCUT2D eigenvalue weighted by Gasteiger charge is -2.25. The van der Waals surface area contributed by atoms with Gasteiger partial charge in [0.05, 0.1) is 18.0 Å². The second-order valence-electron chi connectivity index (χ2n) is 12.4. The number of nitrogens with zero attached hydrogens (tertiary/aromatic N) is 3. The minimum atomic E-state index is -0.0587. The summed E-state index contributed by atoms with van der Waals surface area (Å²) in [6.07, 6.45) is 8.06. The number of carbonyl (C=O) groups excluding carboxylic acids is 1. The van der Waals surface area contributed by atoms with Crippen molar-refractivity contribution in [2.24, 2.45) is 0 Å². The van der Waals surface area contributed by atoms with Crippen LogP contribution in [0.15, 0.2) is 102 Å². The molecule has 8 heteroatoms. The number of rotatable bonds is 15. The molecule has 49 heavy (non-hydrogen) atoms. The zero-order chi connectivity index (χ0) is 34.0. The maximum atomic E-state index is 13.6. The van der Waals surface area contributed by atoms with Gasteiger partial charge in [0.1, 0.15) is 18.0 Å². The lowest BCUT2D eigenvalue weighted by molar-refractivity contribution is -0.112. The molecule has 7 nitrogen and oxygen atoms in total. The first kappa shape index (κ1) is 34.3. The molecule has 0 bridgehead atoms. The number of ether oxygens (including phenoxy) is 2. The van der Waals surface area contributed by atoms with Gasteiger partial charge in [0.25, 0.3) is 5.91 Å². The summed E-state index contributed by atoms with van der Waals surface area (Å²) >= 11 is 1.77. The molecule has 0 saturated carbocycles. The Morgan fingerprint density at radius 1 is 0.918 bits per heavy atom. The minimum absolute atomic E-state index is 0.0587. The molecule has 5 aromatic rings. The normalized spacial score (nSPS) is 12.8. The number of imidazole rings is 1. The zero-order valence-corrected chi connectivity index (χ0v) is 29.6. The van der Waals surface area contributed by atoms with Gasteiger partial charge in [0.15, 0.2) is 0 Å². The predicted octanol–water partition coefficient (Wildman–Crippen LogP) is 9.44. The summed E-state index contributed by atoms with van der Waals surface area (Å²) in [6.45, 7) is 10.1. The van der Waals surface area contributed by atoms with Gasteiger partial charge in [-0.2, -0.15) is 0 Å². The van der Waals surface area contributed by atoms with E-state index in [1.54, 1.807) is 11.8 Å². The molecule has 0 spiro atoms. The lowest BCUT2D eigenvalue weighted by Crippen LogP contribution is -2.26. The predicted molar refractivity (Wildman–Crippen MR) is 203 cm³/mol. The van der Waals surface area contributed by atoms with Crippen LogP contribution in [0.1, 0.15) is 56.5 Å². The number of aryl methyl sites for hydroxylation is 1. The Labute approximate surface area is 294 Å². The summed E-state index contributed by atoms with van der Waals surface area (Å²) in [5, 5.41) is 3.16. The quantitative estimate of drug-likeness (QED) is 0.0882. The van der Waals surface area contributed by atoms with Crippen LogP contribution in [0.5, 0.6) is 5.75 Å². The maximum absolute atomic E-state index is 13.6. The van der Waals surface area contributed by atoms with Gasteiger partial charge in [-0.25, -0.2) is 4.98 Å². The van der Waals surface area contributed by atoms with Crippen molar-refractivity contribution in [2.45, 2.75) is 57.1 Å². The molecule has 0 fully saturated rings. The van der Waals surface area contributed by atoms with Crippen LogP contribution in [0, 0.1) is 6.92 Å². The fourth-order valence-electron chi connectivity index (χ4n) is 6.10. The number of pyridine rings is 1. The van der Waals surface area contributed by atoms with Gasteiger partial charge in [-0.3, -0.25) is 4.79 Å². The molecule has 0 radical (unpaired) electrons. The van der Waals surface area contributed by atoms with Gasteiger partial charge in [0.2, 0.25) is 0 Å². The van der Waals surface area contributed by atoms with E-state index in [2.05, 4.69) is 95.1 Å². The molecule has 1 N–H and O–H groups in total. The van der Waals surface area contributed by atoms with E-state index < -0.39 is 0 Å². The third kappa shape index (κ3) is 8.74. The molecule has 0 saturated heterocycles. The highest BCUT2D eigenvalue weighted by Crippen LogP contribution is 2.34. The Bertz CT molecular complexity index is 1880. The van der Waals surface area contributed by atoms with Crippen molar-refractivity contribution in [3.05, 3.63) is 114 Å². The highest BCUT2D eigenvalue weighted by molar-refractivity contribution is 7.98. The number of amides is 1. The fourth-order valence-corrected chi connectivity index (χ4v) is 7.08. The third-order valence-corrected chi connectivity index (χ3v) is 9.80. The van der Waals surface area contributed by atoms with Crippen molar-refractivity contribution in [3.8, 4) is 16.9 Å². The van der Waals surface area contributed by atoms with Crippen molar-refractivity contribution in [1.29, 1.82) is 0 Å². The maximum Gasteiger partial charge on any atom is 0.251 e. The smallest absolute Gasteiger partial charge is 0.251 e. The third-order valence-electron chi connectivity index (χ3n) is 8.78. The second-order valence-corrected chi connectivity index (χ2v) is 13.4. The van der Waals surface area contributed by atoms with E-state index in [0.717, 1.165) is 94.6 Å². The first-order chi connectivity index (χ1) is 24.0. The molecule has 1 aliphatic heterocycles. The second kappa shape index (κ2) is 16.7. The summed E-state index contributed by atoms with van der Waals surface area (Å²) in [7, 11) is 0. The van der Waals surface area contributed by atoms with E-state index >= 15 is 0 Å². The van der Waals surface area contributed by atoms with Crippen LogP contribution in [-0.4, -0.2) is 48.2 Å². The van der Waals surface area contributed by atoms with Crippen LogP contribution < -0.4 is 15.0 Å². The molecule has 0 unspecified atom stereocenters. The van der Waals surface area contributed by atoms with Gasteiger partial charge in [-0.1, -0.05) is 44.5 Å². The summed E-state index contributed by atoms with van der Waals surface area (Å²) in [5.41, 5.74) is 9.23. The molecular formula is C41H46N4O3S. The standard InChI is InChI=1S/C41H46N4O3S/c1-4-6-24-47-25-26-48-36-15-10-31(11-16-36)32-12-19-38-34(27-32)28-33(20-23-44(38)21-5-2)41(46)43-35-13-17-37(18-14-35)49-29-39-30(3)42-40-9-7-8-22-45(39)40/h7-19,22,27-28H,4-6,20-21,23-26,29H2,1-3H3,(H,43,46). The van der Waals surface area contributed by atoms with Crippen LogP contribution in [0.25, 0.3) is 22.9 Å². The average molecular weight is 675 g/mol. The molecule has 254 valence electrons. The topological polar surface area (TPSA) is 68.1 Å². The number of thioether (sulfide) groups is 1. The first-order valence-electron chi connectivity index (χ1n) is 17.4. The van der Waals surface area contributed by atoms with Gasteiger partial charge in [0, 0.05) is 53.5 Å². The fraction of sp³-hybridized carbons (Fsp3) is 0.317. The average Bonchev–Trinajstić information content (AvgIpc) is 3.33. The van der Waals surface area contributed by atoms with E-state index in [4.69, 9.17) is 9.47 Å². The monoisotopic (exact) mass is 674 g/mol. The number of hydrogen-bond acceptors (Lipinski definition) is 6. The van der Waals surface area contributed by atoms with Crippen LogP contribution in [0.4, 0.5) is 11.4 Å². The summed E-state index contributed by atoms with van der Waals surface area (Å²) in [6, 6.07) is 29.0. The lowest BCUT2D eigenvalue weighted by atomic mass is 10.00. The Hall–Kier alpha value is -4.53. The summed E-state index contributed by atoms with van der Waals surface area (Å²) in [4.78, 5) is 21.9. The summed E-state index contributed by atoms with van der Waals surface area (Å²) in [5.74, 6) is 1.59. The summed E-state index contributed by atoms with van der Waals surface area (Å²) < 4.78 is 13.6. The molecule has 1 aliphatic rings. The molecule has 6 rings (SSSR count). The van der Waals surface area contributed by atoms with Crippen molar-refractivity contribution in [3.63, 3.8) is 0 Å². The van der Waals surface area contributed by atoms with Crippen LogP contribution in [0.3, 0.4) is 0 Å². The van der Waals surface area contributed by atoms with Crippen molar-refractivity contribution in [1.82, 2.24) is 9.38 Å². The number of hydrogen-bond donors (Lipinski definition) is 1. The Kier molecular flexibility index (Phi) is 11.7. The van der Waals surface area contributed by atoms with E-state index in [1.165, 1.54) is 11.4 Å². The number of unbranched alkanes of at least 4 members (excludes halogenated alkanes) is 1. The molecule has 0 aliphatic carbocycles. The number of aromatic nitrogens is 2. The SMILES string of the molecule is CCCCOCCOc1ccc(-c2ccc3c(c2)C=C(C(=O)Nc2ccc(SCc4c(C)nc5ccccn45)cc2)CCN3CCC)cc1. The van der Waals surface area contributed by atoms with Crippen LogP contribution in [-0.2, 0) is 15.3 Å². The first-order valence-corrected chi connectivity index (χ1v) is 18.4. The van der Waals surface area contributed by atoms with Gasteiger partial charge in [-0.05, 0) is 110 Å². The highest BCUT2D eigenvalue weighted by atomic mass is 32.2. The van der Waals surface area contributed by atoms with Crippen LogP contribution in [0.2, 0.25) is 0 Å². The molecule has 1 amide bonds. The molecule has 0 atom stereocenters.